The number of halogens is 1. The molecule has 0 saturated carbocycles. The molecule has 2 aliphatic heterocycles. The fourth-order valence-electron chi connectivity index (χ4n) is 3.10. The molecular formula is C15H17BrN2O2. The first-order valence-electron chi connectivity index (χ1n) is 6.86. The quantitative estimate of drug-likeness (QED) is 0.790. The number of nitrogens with zero attached hydrogens (tertiary/aromatic N) is 2. The summed E-state index contributed by atoms with van der Waals surface area (Å²) in [4.78, 5) is 28.1. The van der Waals surface area contributed by atoms with Crippen LogP contribution in [0.15, 0.2) is 16.6 Å². The molecule has 20 heavy (non-hydrogen) atoms. The van der Waals surface area contributed by atoms with Gasteiger partial charge in [-0.15, -0.1) is 0 Å². The van der Waals surface area contributed by atoms with Crippen molar-refractivity contribution in [3.63, 3.8) is 0 Å². The Bertz CT molecular complexity index is 577. The molecular weight excluding hydrogens is 320 g/mol. The Morgan fingerprint density at radius 3 is 2.50 bits per heavy atom. The average Bonchev–Trinajstić information content (AvgIpc) is 2.89. The van der Waals surface area contributed by atoms with Gasteiger partial charge in [-0.25, -0.2) is 0 Å². The number of anilines is 1. The van der Waals surface area contributed by atoms with Crippen molar-refractivity contribution in [3.05, 3.63) is 27.7 Å². The van der Waals surface area contributed by atoms with Crippen molar-refractivity contribution >= 4 is 33.4 Å². The second kappa shape index (κ2) is 4.88. The SMILES string of the molecule is Cc1cc(N2CC(=O)N3CCCC3C2=O)cc(C)c1Br. The van der Waals surface area contributed by atoms with Crippen LogP contribution in [0, 0.1) is 13.8 Å². The van der Waals surface area contributed by atoms with Gasteiger partial charge in [0.25, 0.3) is 0 Å². The van der Waals surface area contributed by atoms with Gasteiger partial charge in [0.05, 0.1) is 0 Å². The van der Waals surface area contributed by atoms with Crippen molar-refractivity contribution in [1.29, 1.82) is 0 Å². The molecule has 0 aliphatic carbocycles. The van der Waals surface area contributed by atoms with Crippen LogP contribution in [0.3, 0.4) is 0 Å². The van der Waals surface area contributed by atoms with E-state index in [9.17, 15) is 9.59 Å². The molecule has 0 aromatic heterocycles. The summed E-state index contributed by atoms with van der Waals surface area (Å²) in [6.07, 6.45) is 1.71. The lowest BCUT2D eigenvalue weighted by molar-refractivity contribution is -0.140. The highest BCUT2D eigenvalue weighted by Crippen LogP contribution is 2.31. The van der Waals surface area contributed by atoms with Crippen LogP contribution >= 0.6 is 15.9 Å². The van der Waals surface area contributed by atoms with Crippen molar-refractivity contribution in [3.8, 4) is 0 Å². The average molecular weight is 337 g/mol. The van der Waals surface area contributed by atoms with E-state index in [4.69, 9.17) is 0 Å². The Labute approximate surface area is 126 Å². The Morgan fingerprint density at radius 1 is 1.20 bits per heavy atom. The lowest BCUT2D eigenvalue weighted by Crippen LogP contribution is -2.57. The van der Waals surface area contributed by atoms with Gasteiger partial charge in [-0.05, 0) is 49.9 Å². The van der Waals surface area contributed by atoms with Gasteiger partial charge in [-0.3, -0.25) is 9.59 Å². The van der Waals surface area contributed by atoms with Crippen LogP contribution in [0.1, 0.15) is 24.0 Å². The number of aryl methyl sites for hydroxylation is 2. The summed E-state index contributed by atoms with van der Waals surface area (Å²) in [6, 6.07) is 3.68. The van der Waals surface area contributed by atoms with Crippen LogP contribution in [-0.2, 0) is 9.59 Å². The van der Waals surface area contributed by atoms with E-state index in [1.807, 2.05) is 26.0 Å². The van der Waals surface area contributed by atoms with E-state index in [0.717, 1.165) is 40.7 Å². The molecule has 0 spiro atoms. The largest absolute Gasteiger partial charge is 0.329 e. The third-order valence-electron chi connectivity index (χ3n) is 4.15. The third-order valence-corrected chi connectivity index (χ3v) is 5.40. The van der Waals surface area contributed by atoms with Crippen molar-refractivity contribution < 1.29 is 9.59 Å². The van der Waals surface area contributed by atoms with Gasteiger partial charge in [-0.1, -0.05) is 15.9 Å². The molecule has 5 heteroatoms. The molecule has 2 heterocycles. The van der Waals surface area contributed by atoms with E-state index in [1.54, 1.807) is 9.80 Å². The first-order valence-corrected chi connectivity index (χ1v) is 7.66. The Kier molecular flexibility index (Phi) is 3.32. The van der Waals surface area contributed by atoms with Gasteiger partial charge in [0.2, 0.25) is 11.8 Å². The second-order valence-corrected chi connectivity index (χ2v) is 6.36. The van der Waals surface area contributed by atoms with Crippen molar-refractivity contribution in [1.82, 2.24) is 4.90 Å². The maximum absolute atomic E-state index is 12.6. The third kappa shape index (κ3) is 2.04. The highest BCUT2D eigenvalue weighted by atomic mass is 79.9. The minimum Gasteiger partial charge on any atom is -0.329 e. The first kappa shape index (κ1) is 13.6. The Balaban J connectivity index is 1.98. The predicted molar refractivity (Wildman–Crippen MR) is 80.7 cm³/mol. The number of fused-ring (bicyclic) bond motifs is 1. The molecule has 0 N–H and O–H groups in total. The number of carbonyl (C=O) groups is 2. The maximum Gasteiger partial charge on any atom is 0.250 e. The van der Waals surface area contributed by atoms with E-state index in [2.05, 4.69) is 15.9 Å². The van der Waals surface area contributed by atoms with E-state index in [1.165, 1.54) is 0 Å². The zero-order valence-corrected chi connectivity index (χ0v) is 13.2. The highest BCUT2D eigenvalue weighted by Gasteiger charge is 2.42. The smallest absolute Gasteiger partial charge is 0.250 e. The fourth-order valence-corrected chi connectivity index (χ4v) is 3.33. The van der Waals surface area contributed by atoms with Crippen molar-refractivity contribution in [2.45, 2.75) is 32.7 Å². The Morgan fingerprint density at radius 2 is 1.85 bits per heavy atom. The summed E-state index contributed by atoms with van der Waals surface area (Å²) in [5.41, 5.74) is 2.98. The van der Waals surface area contributed by atoms with E-state index in [-0.39, 0.29) is 24.4 Å². The number of hydrogen-bond donors (Lipinski definition) is 0. The summed E-state index contributed by atoms with van der Waals surface area (Å²) in [7, 11) is 0. The summed E-state index contributed by atoms with van der Waals surface area (Å²) in [6.45, 7) is 4.88. The molecule has 1 atom stereocenters. The van der Waals surface area contributed by atoms with E-state index in [0.29, 0.717) is 0 Å². The molecule has 2 aliphatic rings. The van der Waals surface area contributed by atoms with Gasteiger partial charge in [0, 0.05) is 16.7 Å². The predicted octanol–water partition coefficient (Wildman–Crippen LogP) is 2.40. The number of amides is 2. The molecule has 0 radical (unpaired) electrons. The standard InChI is InChI=1S/C15H17BrN2O2/c1-9-6-11(7-10(2)14(9)16)18-8-13(19)17-5-3-4-12(17)15(18)20/h6-7,12H,3-5,8H2,1-2H3. The number of piperazine rings is 1. The molecule has 2 amide bonds. The number of rotatable bonds is 1. The van der Waals surface area contributed by atoms with Crippen LogP contribution in [0.25, 0.3) is 0 Å². The maximum atomic E-state index is 12.6. The minimum atomic E-state index is -0.250. The zero-order valence-electron chi connectivity index (χ0n) is 11.6. The molecule has 1 aromatic rings. The summed E-state index contributed by atoms with van der Waals surface area (Å²) < 4.78 is 1.06. The highest BCUT2D eigenvalue weighted by molar-refractivity contribution is 9.10. The molecule has 2 fully saturated rings. The van der Waals surface area contributed by atoms with Crippen LogP contribution in [0.4, 0.5) is 5.69 Å². The van der Waals surface area contributed by atoms with Gasteiger partial charge < -0.3 is 9.80 Å². The lowest BCUT2D eigenvalue weighted by atomic mass is 10.1. The molecule has 0 bridgehead atoms. The topological polar surface area (TPSA) is 40.6 Å². The molecule has 106 valence electrons. The van der Waals surface area contributed by atoms with Gasteiger partial charge in [-0.2, -0.15) is 0 Å². The van der Waals surface area contributed by atoms with Gasteiger partial charge in [0.15, 0.2) is 0 Å². The normalized spacial score (nSPS) is 22.4. The van der Waals surface area contributed by atoms with Crippen LogP contribution in [-0.4, -0.2) is 35.8 Å². The van der Waals surface area contributed by atoms with Crippen LogP contribution < -0.4 is 4.90 Å². The van der Waals surface area contributed by atoms with E-state index < -0.39 is 0 Å². The zero-order chi connectivity index (χ0) is 14.4. The van der Waals surface area contributed by atoms with E-state index >= 15 is 0 Å². The minimum absolute atomic E-state index is 0.0585. The number of hydrogen-bond acceptors (Lipinski definition) is 2. The van der Waals surface area contributed by atoms with Crippen molar-refractivity contribution in [2.75, 3.05) is 18.0 Å². The van der Waals surface area contributed by atoms with Crippen molar-refractivity contribution in [2.24, 2.45) is 0 Å². The molecule has 1 aromatic carbocycles. The number of benzene rings is 1. The van der Waals surface area contributed by atoms with Crippen LogP contribution in [0.2, 0.25) is 0 Å². The first-order chi connectivity index (χ1) is 9.49. The lowest BCUT2D eigenvalue weighted by Gasteiger charge is -2.36. The summed E-state index contributed by atoms with van der Waals surface area (Å²) in [5, 5.41) is 0. The monoisotopic (exact) mass is 336 g/mol. The molecule has 1 unspecified atom stereocenters. The molecule has 4 nitrogen and oxygen atoms in total. The molecule has 3 rings (SSSR count). The Hall–Kier alpha value is -1.36. The fraction of sp³-hybridized carbons (Fsp3) is 0.467. The van der Waals surface area contributed by atoms with Crippen LogP contribution in [0.5, 0.6) is 0 Å². The summed E-state index contributed by atoms with van der Waals surface area (Å²) >= 11 is 3.53. The van der Waals surface area contributed by atoms with Gasteiger partial charge in [0.1, 0.15) is 12.6 Å². The van der Waals surface area contributed by atoms with Gasteiger partial charge >= 0.3 is 0 Å². The number of carbonyl (C=O) groups excluding carboxylic acids is 2. The summed E-state index contributed by atoms with van der Waals surface area (Å²) in [5.74, 6) is 0.119. The molecule has 2 saturated heterocycles. The second-order valence-electron chi connectivity index (χ2n) is 5.56.